The summed E-state index contributed by atoms with van der Waals surface area (Å²) >= 11 is 0. The van der Waals surface area contributed by atoms with E-state index in [4.69, 9.17) is 4.74 Å². The Morgan fingerprint density at radius 2 is 1.52 bits per heavy atom. The van der Waals surface area contributed by atoms with E-state index in [9.17, 15) is 0 Å². The van der Waals surface area contributed by atoms with Gasteiger partial charge < -0.3 is 4.74 Å². The number of hydrogen-bond acceptors (Lipinski definition) is 2. The minimum Gasteiger partial charge on any atom is -0.492 e. The molecule has 2 aromatic carbocycles. The highest BCUT2D eigenvalue weighted by atomic mass is 16.5. The van der Waals surface area contributed by atoms with Crippen LogP contribution in [0, 0.1) is 5.92 Å². The van der Waals surface area contributed by atoms with Crippen molar-refractivity contribution in [2.75, 3.05) is 26.2 Å². The quantitative estimate of drug-likeness (QED) is 0.751. The van der Waals surface area contributed by atoms with E-state index in [0.717, 1.165) is 24.8 Å². The fraction of sp³-hybridized carbons (Fsp3) is 0.429. The van der Waals surface area contributed by atoms with E-state index in [1.807, 2.05) is 30.3 Å². The first-order valence-electron chi connectivity index (χ1n) is 8.84. The number of rotatable bonds is 7. The molecule has 2 heteroatoms. The Hall–Kier alpha value is -1.80. The molecule has 1 aliphatic rings. The van der Waals surface area contributed by atoms with Crippen LogP contribution < -0.4 is 4.74 Å². The summed E-state index contributed by atoms with van der Waals surface area (Å²) in [5.74, 6) is 1.87. The fourth-order valence-electron chi connectivity index (χ4n) is 3.32. The first-order chi connectivity index (χ1) is 11.4. The van der Waals surface area contributed by atoms with Crippen molar-refractivity contribution in [1.29, 1.82) is 0 Å². The van der Waals surface area contributed by atoms with Gasteiger partial charge in [-0.15, -0.1) is 0 Å². The molecule has 122 valence electrons. The predicted octanol–water partition coefficient (Wildman–Crippen LogP) is 4.41. The maximum Gasteiger partial charge on any atom is 0.119 e. The number of ether oxygens (including phenoxy) is 1. The van der Waals surface area contributed by atoms with Gasteiger partial charge in [0.25, 0.3) is 0 Å². The number of hydrogen-bond donors (Lipinski definition) is 0. The lowest BCUT2D eigenvalue weighted by Crippen LogP contribution is -2.36. The van der Waals surface area contributed by atoms with E-state index in [0.29, 0.717) is 0 Å². The van der Waals surface area contributed by atoms with Crippen LogP contribution in [-0.2, 0) is 6.42 Å². The standard InChI is InChI=1S/C21H27NO/c1-3-7-19(8-4-1)11-12-20-13-15-22(16-14-20)17-18-23-21-9-5-2-6-10-21/h1-10,20H,11-18H2. The molecular formula is C21H27NO. The predicted molar refractivity (Wildman–Crippen MR) is 95.9 cm³/mol. The lowest BCUT2D eigenvalue weighted by Gasteiger charge is -2.31. The van der Waals surface area contributed by atoms with Crippen LogP contribution in [0.5, 0.6) is 5.75 Å². The van der Waals surface area contributed by atoms with E-state index in [1.54, 1.807) is 0 Å². The molecule has 3 rings (SSSR count). The third-order valence-electron chi connectivity index (χ3n) is 4.81. The van der Waals surface area contributed by atoms with Crippen molar-refractivity contribution in [3.8, 4) is 5.75 Å². The summed E-state index contributed by atoms with van der Waals surface area (Å²) in [4.78, 5) is 2.54. The van der Waals surface area contributed by atoms with Gasteiger partial charge in [-0.05, 0) is 62.4 Å². The van der Waals surface area contributed by atoms with Gasteiger partial charge in [0.2, 0.25) is 0 Å². The molecule has 0 radical (unpaired) electrons. The molecular weight excluding hydrogens is 282 g/mol. The number of para-hydroxylation sites is 1. The molecule has 1 aliphatic heterocycles. The molecule has 1 saturated heterocycles. The Morgan fingerprint density at radius 1 is 0.870 bits per heavy atom. The zero-order valence-corrected chi connectivity index (χ0v) is 13.9. The van der Waals surface area contributed by atoms with Crippen molar-refractivity contribution in [2.24, 2.45) is 5.92 Å². The maximum atomic E-state index is 5.80. The molecule has 2 nitrogen and oxygen atoms in total. The molecule has 0 amide bonds. The highest BCUT2D eigenvalue weighted by Crippen LogP contribution is 2.22. The van der Waals surface area contributed by atoms with Gasteiger partial charge in [-0.25, -0.2) is 0 Å². The topological polar surface area (TPSA) is 12.5 Å². The second-order valence-corrected chi connectivity index (χ2v) is 6.47. The monoisotopic (exact) mass is 309 g/mol. The molecule has 1 heterocycles. The molecule has 0 bridgehead atoms. The van der Waals surface area contributed by atoms with Crippen molar-refractivity contribution in [1.82, 2.24) is 4.90 Å². The summed E-state index contributed by atoms with van der Waals surface area (Å²) < 4.78 is 5.80. The molecule has 2 aromatic rings. The summed E-state index contributed by atoms with van der Waals surface area (Å²) in [5.41, 5.74) is 1.48. The van der Waals surface area contributed by atoms with E-state index in [2.05, 4.69) is 35.2 Å². The lowest BCUT2D eigenvalue weighted by molar-refractivity contribution is 0.151. The van der Waals surface area contributed by atoms with Crippen molar-refractivity contribution < 1.29 is 4.74 Å². The number of piperidine rings is 1. The first-order valence-corrected chi connectivity index (χ1v) is 8.84. The second kappa shape index (κ2) is 8.73. The Balaban J connectivity index is 1.31. The highest BCUT2D eigenvalue weighted by Gasteiger charge is 2.18. The zero-order valence-electron chi connectivity index (χ0n) is 13.9. The Bertz CT molecular complexity index is 547. The van der Waals surface area contributed by atoms with E-state index in [1.165, 1.54) is 44.3 Å². The molecule has 23 heavy (non-hydrogen) atoms. The average Bonchev–Trinajstić information content (AvgIpc) is 2.63. The van der Waals surface area contributed by atoms with Gasteiger partial charge in [-0.2, -0.15) is 0 Å². The van der Waals surface area contributed by atoms with Gasteiger partial charge in [-0.1, -0.05) is 48.5 Å². The van der Waals surface area contributed by atoms with Gasteiger partial charge in [-0.3, -0.25) is 4.90 Å². The van der Waals surface area contributed by atoms with Crippen LogP contribution >= 0.6 is 0 Å². The fourth-order valence-corrected chi connectivity index (χ4v) is 3.32. The summed E-state index contributed by atoms with van der Waals surface area (Å²) in [6.45, 7) is 4.27. The molecule has 0 aromatic heterocycles. The Morgan fingerprint density at radius 3 is 2.22 bits per heavy atom. The van der Waals surface area contributed by atoms with Crippen LogP contribution in [0.1, 0.15) is 24.8 Å². The summed E-state index contributed by atoms with van der Waals surface area (Å²) in [6, 6.07) is 21.0. The van der Waals surface area contributed by atoms with Crippen LogP contribution in [0.15, 0.2) is 60.7 Å². The minimum atomic E-state index is 0.790. The second-order valence-electron chi connectivity index (χ2n) is 6.47. The van der Waals surface area contributed by atoms with Crippen molar-refractivity contribution in [3.05, 3.63) is 66.2 Å². The van der Waals surface area contributed by atoms with Crippen molar-refractivity contribution >= 4 is 0 Å². The smallest absolute Gasteiger partial charge is 0.119 e. The largest absolute Gasteiger partial charge is 0.492 e. The van der Waals surface area contributed by atoms with E-state index >= 15 is 0 Å². The van der Waals surface area contributed by atoms with Crippen LogP contribution in [-0.4, -0.2) is 31.1 Å². The molecule has 0 N–H and O–H groups in total. The van der Waals surface area contributed by atoms with Crippen LogP contribution in [0.4, 0.5) is 0 Å². The van der Waals surface area contributed by atoms with Gasteiger partial charge in [0.15, 0.2) is 0 Å². The molecule has 1 fully saturated rings. The zero-order chi connectivity index (χ0) is 15.7. The maximum absolute atomic E-state index is 5.80. The lowest BCUT2D eigenvalue weighted by atomic mass is 9.90. The van der Waals surface area contributed by atoms with Crippen LogP contribution in [0.3, 0.4) is 0 Å². The van der Waals surface area contributed by atoms with Gasteiger partial charge in [0.1, 0.15) is 12.4 Å². The molecule has 0 saturated carbocycles. The highest BCUT2D eigenvalue weighted by molar-refractivity contribution is 5.20. The average molecular weight is 309 g/mol. The first kappa shape index (κ1) is 16.1. The Labute approximate surface area is 140 Å². The summed E-state index contributed by atoms with van der Waals surface area (Å²) in [7, 11) is 0. The van der Waals surface area contributed by atoms with Crippen LogP contribution in [0.25, 0.3) is 0 Å². The van der Waals surface area contributed by atoms with Gasteiger partial charge in [0.05, 0.1) is 0 Å². The SMILES string of the molecule is c1ccc(CCC2CCN(CCOc3ccccc3)CC2)cc1. The number of aryl methyl sites for hydroxylation is 1. The molecule has 0 atom stereocenters. The number of benzene rings is 2. The number of nitrogens with zero attached hydrogens (tertiary/aromatic N) is 1. The third kappa shape index (κ3) is 5.40. The third-order valence-corrected chi connectivity index (χ3v) is 4.81. The summed E-state index contributed by atoms with van der Waals surface area (Å²) in [6.07, 6.45) is 5.22. The molecule has 0 unspecified atom stereocenters. The number of likely N-dealkylation sites (tertiary alicyclic amines) is 1. The van der Waals surface area contributed by atoms with E-state index < -0.39 is 0 Å². The normalized spacial score (nSPS) is 16.3. The van der Waals surface area contributed by atoms with Crippen molar-refractivity contribution in [3.63, 3.8) is 0 Å². The summed E-state index contributed by atoms with van der Waals surface area (Å²) in [5, 5.41) is 0. The van der Waals surface area contributed by atoms with Crippen molar-refractivity contribution in [2.45, 2.75) is 25.7 Å². The Kier molecular flexibility index (Phi) is 6.10. The van der Waals surface area contributed by atoms with E-state index in [-0.39, 0.29) is 0 Å². The molecule has 0 aliphatic carbocycles. The van der Waals surface area contributed by atoms with Crippen LogP contribution in [0.2, 0.25) is 0 Å². The van der Waals surface area contributed by atoms with Gasteiger partial charge in [0, 0.05) is 6.54 Å². The molecule has 0 spiro atoms. The van der Waals surface area contributed by atoms with Gasteiger partial charge >= 0.3 is 0 Å². The minimum absolute atomic E-state index is 0.790.